The van der Waals surface area contributed by atoms with E-state index in [9.17, 15) is 18.8 Å². The Bertz CT molecular complexity index is 1130. The summed E-state index contributed by atoms with van der Waals surface area (Å²) >= 11 is 0. The minimum Gasteiger partial charge on any atom is -0.396 e. The Morgan fingerprint density at radius 2 is 1.72 bits per heavy atom. The molecule has 7 nitrogen and oxygen atoms in total. The summed E-state index contributed by atoms with van der Waals surface area (Å²) in [4.78, 5) is 38.4. The Kier molecular flexibility index (Phi) is 6.04. The lowest BCUT2D eigenvalue weighted by Gasteiger charge is -2.13. The predicted octanol–water partition coefficient (Wildman–Crippen LogP) is 2.08. The third-order valence-corrected chi connectivity index (χ3v) is 4.35. The van der Waals surface area contributed by atoms with E-state index in [2.05, 4.69) is 5.32 Å². The number of rotatable bonds is 6. The zero-order valence-electron chi connectivity index (χ0n) is 15.8. The molecule has 0 radical (unpaired) electrons. The summed E-state index contributed by atoms with van der Waals surface area (Å²) in [5, 5.41) is 11.7. The molecule has 1 amide bonds. The number of carbonyl (C=O) groups is 1. The summed E-state index contributed by atoms with van der Waals surface area (Å²) < 4.78 is 15.3. The Labute approximate surface area is 165 Å². The number of amides is 1. The van der Waals surface area contributed by atoms with Crippen LogP contribution in [0.25, 0.3) is 5.69 Å². The number of aryl methyl sites for hydroxylation is 2. The molecule has 0 aliphatic heterocycles. The average Bonchev–Trinajstić information content (AvgIpc) is 2.70. The van der Waals surface area contributed by atoms with E-state index < -0.39 is 23.0 Å². The van der Waals surface area contributed by atoms with Crippen molar-refractivity contribution in [1.29, 1.82) is 0 Å². The molecule has 3 rings (SSSR count). The van der Waals surface area contributed by atoms with Crippen molar-refractivity contribution in [2.24, 2.45) is 0 Å². The molecular weight excluding hydrogens is 377 g/mol. The van der Waals surface area contributed by atoms with Crippen LogP contribution in [0.15, 0.2) is 64.3 Å². The van der Waals surface area contributed by atoms with E-state index in [0.29, 0.717) is 5.69 Å². The number of nitrogens with one attached hydrogen (secondary N) is 1. The zero-order chi connectivity index (χ0) is 21.0. The minimum absolute atomic E-state index is 0.113. The van der Waals surface area contributed by atoms with Gasteiger partial charge in [0.1, 0.15) is 11.4 Å². The number of hydrogen-bond donors (Lipinski definition) is 2. The standard InChI is InChI=1S/C21H20FN3O4/c1-14-3-7-16(8-4-14)23-19(27)18-13-24(11-2-12-26)21(29)25(20(18)28)17-9-5-15(22)6-10-17/h3-10,13,26H,2,11-12H2,1H3,(H,23,27). The number of nitrogens with zero attached hydrogens (tertiary/aromatic N) is 2. The SMILES string of the molecule is Cc1ccc(NC(=O)c2cn(CCCO)c(=O)n(-c3ccc(F)cc3)c2=O)cc1. The molecular formula is C21H20FN3O4. The predicted molar refractivity (Wildman–Crippen MR) is 107 cm³/mol. The van der Waals surface area contributed by atoms with E-state index in [-0.39, 0.29) is 30.8 Å². The maximum Gasteiger partial charge on any atom is 0.335 e. The third kappa shape index (κ3) is 4.49. The lowest BCUT2D eigenvalue weighted by molar-refractivity contribution is 0.102. The van der Waals surface area contributed by atoms with Crippen molar-refractivity contribution in [3.8, 4) is 5.69 Å². The molecule has 2 aromatic carbocycles. The second-order valence-electron chi connectivity index (χ2n) is 6.53. The number of anilines is 1. The normalized spacial score (nSPS) is 10.7. The van der Waals surface area contributed by atoms with E-state index >= 15 is 0 Å². The highest BCUT2D eigenvalue weighted by atomic mass is 19.1. The van der Waals surface area contributed by atoms with Crippen molar-refractivity contribution in [3.05, 3.63) is 92.5 Å². The van der Waals surface area contributed by atoms with Gasteiger partial charge < -0.3 is 10.4 Å². The summed E-state index contributed by atoms with van der Waals surface area (Å²) in [5.74, 6) is -1.19. The van der Waals surface area contributed by atoms with Gasteiger partial charge in [-0.3, -0.25) is 14.2 Å². The van der Waals surface area contributed by atoms with Crippen LogP contribution in [-0.4, -0.2) is 26.8 Å². The lowest BCUT2D eigenvalue weighted by atomic mass is 10.2. The quantitative estimate of drug-likeness (QED) is 0.666. The van der Waals surface area contributed by atoms with Gasteiger partial charge in [0.15, 0.2) is 0 Å². The highest BCUT2D eigenvalue weighted by Crippen LogP contribution is 2.10. The fraction of sp³-hybridized carbons (Fsp3) is 0.190. The van der Waals surface area contributed by atoms with E-state index in [1.165, 1.54) is 22.9 Å². The van der Waals surface area contributed by atoms with Gasteiger partial charge in [0.2, 0.25) is 0 Å². The molecule has 29 heavy (non-hydrogen) atoms. The molecule has 0 aliphatic rings. The van der Waals surface area contributed by atoms with Crippen molar-refractivity contribution >= 4 is 11.6 Å². The molecule has 1 heterocycles. The molecule has 0 spiro atoms. The number of hydrogen-bond acceptors (Lipinski definition) is 4. The molecule has 0 fully saturated rings. The van der Waals surface area contributed by atoms with Gasteiger partial charge in [-0.25, -0.2) is 13.8 Å². The first-order valence-electron chi connectivity index (χ1n) is 9.02. The average molecular weight is 397 g/mol. The van der Waals surface area contributed by atoms with Crippen LogP contribution in [0.1, 0.15) is 22.3 Å². The topological polar surface area (TPSA) is 93.3 Å². The van der Waals surface area contributed by atoms with Crippen LogP contribution >= 0.6 is 0 Å². The second kappa shape index (κ2) is 8.66. The molecule has 0 unspecified atom stereocenters. The molecule has 0 atom stereocenters. The summed E-state index contributed by atoms with van der Waals surface area (Å²) in [7, 11) is 0. The summed E-state index contributed by atoms with van der Waals surface area (Å²) in [6.45, 7) is 1.86. The first kappa shape index (κ1) is 20.2. The number of halogens is 1. The zero-order valence-corrected chi connectivity index (χ0v) is 15.8. The molecule has 0 saturated heterocycles. The summed E-state index contributed by atoms with van der Waals surface area (Å²) in [6, 6.07) is 11.9. The second-order valence-corrected chi connectivity index (χ2v) is 6.53. The first-order valence-corrected chi connectivity index (χ1v) is 9.02. The molecule has 8 heteroatoms. The van der Waals surface area contributed by atoms with Gasteiger partial charge >= 0.3 is 5.69 Å². The van der Waals surface area contributed by atoms with Gasteiger partial charge in [-0.05, 0) is 49.7 Å². The van der Waals surface area contributed by atoms with E-state index in [1.807, 2.05) is 19.1 Å². The van der Waals surface area contributed by atoms with Crippen LogP contribution in [0.4, 0.5) is 10.1 Å². The highest BCUT2D eigenvalue weighted by molar-refractivity contribution is 6.03. The minimum atomic E-state index is -0.813. The summed E-state index contributed by atoms with van der Waals surface area (Å²) in [5.41, 5.74) is -0.0781. The Morgan fingerprint density at radius 3 is 2.34 bits per heavy atom. The van der Waals surface area contributed by atoms with E-state index in [0.717, 1.165) is 22.3 Å². The fourth-order valence-corrected chi connectivity index (χ4v) is 2.81. The van der Waals surface area contributed by atoms with Crippen LogP contribution in [0.5, 0.6) is 0 Å². The van der Waals surface area contributed by atoms with E-state index in [4.69, 9.17) is 5.11 Å². The number of benzene rings is 2. The molecule has 0 bridgehead atoms. The van der Waals surface area contributed by atoms with Crippen LogP contribution in [0.2, 0.25) is 0 Å². The van der Waals surface area contributed by atoms with Gasteiger partial charge in [0, 0.05) is 25.0 Å². The Morgan fingerprint density at radius 1 is 1.07 bits per heavy atom. The van der Waals surface area contributed by atoms with E-state index in [1.54, 1.807) is 12.1 Å². The molecule has 2 N–H and O–H groups in total. The number of carbonyl (C=O) groups excluding carboxylic acids is 1. The van der Waals surface area contributed by atoms with Crippen molar-refractivity contribution in [2.45, 2.75) is 19.9 Å². The Balaban J connectivity index is 2.10. The van der Waals surface area contributed by atoms with Gasteiger partial charge in [-0.1, -0.05) is 17.7 Å². The molecule has 0 aliphatic carbocycles. The van der Waals surface area contributed by atoms with Gasteiger partial charge in [-0.2, -0.15) is 0 Å². The molecule has 1 aromatic heterocycles. The van der Waals surface area contributed by atoms with Gasteiger partial charge in [0.05, 0.1) is 5.69 Å². The van der Waals surface area contributed by atoms with Gasteiger partial charge in [-0.15, -0.1) is 0 Å². The number of aliphatic hydroxyl groups excluding tert-OH is 1. The van der Waals surface area contributed by atoms with Crippen molar-refractivity contribution < 1.29 is 14.3 Å². The highest BCUT2D eigenvalue weighted by Gasteiger charge is 2.19. The largest absolute Gasteiger partial charge is 0.396 e. The Hall–Kier alpha value is -3.52. The van der Waals surface area contributed by atoms with Gasteiger partial charge in [0.25, 0.3) is 11.5 Å². The maximum atomic E-state index is 13.3. The van der Waals surface area contributed by atoms with Crippen molar-refractivity contribution in [1.82, 2.24) is 9.13 Å². The maximum absolute atomic E-state index is 13.3. The lowest BCUT2D eigenvalue weighted by Crippen LogP contribution is -2.42. The monoisotopic (exact) mass is 397 g/mol. The smallest absolute Gasteiger partial charge is 0.335 e. The number of aliphatic hydroxyl groups is 1. The molecule has 3 aromatic rings. The van der Waals surface area contributed by atoms with Crippen LogP contribution in [0, 0.1) is 12.7 Å². The first-order chi connectivity index (χ1) is 13.9. The number of aromatic nitrogens is 2. The third-order valence-electron chi connectivity index (χ3n) is 4.35. The van der Waals surface area contributed by atoms with Crippen LogP contribution in [0.3, 0.4) is 0 Å². The van der Waals surface area contributed by atoms with Crippen molar-refractivity contribution in [3.63, 3.8) is 0 Å². The van der Waals surface area contributed by atoms with Crippen molar-refractivity contribution in [2.75, 3.05) is 11.9 Å². The van der Waals surface area contributed by atoms with Crippen LogP contribution in [-0.2, 0) is 6.54 Å². The molecule has 150 valence electrons. The van der Waals surface area contributed by atoms with Crippen LogP contribution < -0.4 is 16.6 Å². The molecule has 0 saturated carbocycles. The summed E-state index contributed by atoms with van der Waals surface area (Å²) in [6.07, 6.45) is 1.45. The fourth-order valence-electron chi connectivity index (χ4n) is 2.81.